The molecule has 7 nitrogen and oxygen atoms in total. The van der Waals surface area contributed by atoms with Crippen LogP contribution in [-0.4, -0.2) is 57.7 Å². The molecule has 0 spiro atoms. The average molecular weight is 539 g/mol. The molecule has 0 aliphatic heterocycles. The lowest BCUT2D eigenvalue weighted by Gasteiger charge is -2.27. The highest BCUT2D eigenvalue weighted by Gasteiger charge is 2.13. The predicted octanol–water partition coefficient (Wildman–Crippen LogP) is 6.50. The van der Waals surface area contributed by atoms with Crippen LogP contribution in [0.2, 0.25) is 0 Å². The summed E-state index contributed by atoms with van der Waals surface area (Å²) >= 11 is 0. The minimum absolute atomic E-state index is 0.0155. The quantitative estimate of drug-likeness (QED) is 0.0459. The third-order valence-corrected chi connectivity index (χ3v) is 6.00. The van der Waals surface area contributed by atoms with Crippen LogP contribution >= 0.6 is 7.82 Å². The molecule has 0 rings (SSSR count). The molecule has 0 heterocycles. The number of carbonyl (C=O) groups is 1. The standard InChI is InChI=1S/C28H52NO6P/c1-5-6-7-8-9-10-11-12-13-14-15-16-17-18-19-20-21-23-28(30)33-25-22-26-34-36(31,32)35-27-24-29(2,3)4/h12-13,15-16,18-19H,5-11,14,17,20-27H2,1-4H3/b13-12-,16-15-,19-18-/i2D3,3D3,4D3. The molecule has 210 valence electrons. The molecular weight excluding hydrogens is 477 g/mol. The molecule has 0 aliphatic carbocycles. The number of hydrogen-bond donors (Lipinski definition) is 0. The number of likely N-dealkylation sites (N-methyl/N-ethyl adjacent to an activating group) is 1. The van der Waals surface area contributed by atoms with Crippen molar-refractivity contribution in [3.8, 4) is 0 Å². The van der Waals surface area contributed by atoms with Crippen LogP contribution in [0.15, 0.2) is 36.5 Å². The lowest BCUT2D eigenvalue weighted by atomic mass is 10.1. The van der Waals surface area contributed by atoms with Crippen LogP contribution in [-0.2, 0) is 23.1 Å². The largest absolute Gasteiger partial charge is 0.756 e. The molecule has 1 atom stereocenters. The van der Waals surface area contributed by atoms with Crippen molar-refractivity contribution in [2.45, 2.75) is 90.4 Å². The molecule has 1 unspecified atom stereocenters. The number of unbranched alkanes of at least 4 members (excludes halogenated alkanes) is 7. The number of allylic oxidation sites excluding steroid dienone is 6. The number of rotatable bonds is 24. The van der Waals surface area contributed by atoms with E-state index >= 15 is 0 Å². The molecule has 0 radical (unpaired) electrons. The molecule has 0 aliphatic rings. The monoisotopic (exact) mass is 538 g/mol. The average Bonchev–Trinajstić information content (AvgIpc) is 2.90. The van der Waals surface area contributed by atoms with Gasteiger partial charge in [0.25, 0.3) is 7.82 Å². The highest BCUT2D eigenvalue weighted by molar-refractivity contribution is 7.45. The van der Waals surface area contributed by atoms with Gasteiger partial charge in [-0.05, 0) is 38.5 Å². The molecule has 36 heavy (non-hydrogen) atoms. The number of carbonyl (C=O) groups excluding carboxylic acids is 1. The smallest absolute Gasteiger partial charge is 0.305 e. The van der Waals surface area contributed by atoms with E-state index in [4.69, 9.17) is 17.1 Å². The first-order valence-corrected chi connectivity index (χ1v) is 14.5. The predicted molar refractivity (Wildman–Crippen MR) is 146 cm³/mol. The highest BCUT2D eigenvalue weighted by Crippen LogP contribution is 2.38. The summed E-state index contributed by atoms with van der Waals surface area (Å²) in [5.74, 6) is -0.439. The summed E-state index contributed by atoms with van der Waals surface area (Å²) in [6.07, 6.45) is 25.0. The van der Waals surface area contributed by atoms with E-state index in [-0.39, 0.29) is 19.4 Å². The second-order valence-corrected chi connectivity index (χ2v) is 9.97. The molecule has 0 fully saturated rings. The topological polar surface area (TPSA) is 84.9 Å². The molecule has 0 N–H and O–H groups in total. The van der Waals surface area contributed by atoms with Crippen molar-refractivity contribution in [1.82, 2.24) is 0 Å². The molecular formula is C28H52NO6P. The first-order chi connectivity index (χ1) is 20.9. The maximum Gasteiger partial charge on any atom is 0.305 e. The van der Waals surface area contributed by atoms with Crippen molar-refractivity contribution in [2.75, 3.05) is 47.3 Å². The van der Waals surface area contributed by atoms with Crippen molar-refractivity contribution in [2.24, 2.45) is 0 Å². The lowest BCUT2D eigenvalue weighted by Crippen LogP contribution is -2.37. The van der Waals surface area contributed by atoms with Crippen LogP contribution in [0.5, 0.6) is 0 Å². The van der Waals surface area contributed by atoms with Crippen molar-refractivity contribution in [3.05, 3.63) is 36.5 Å². The summed E-state index contributed by atoms with van der Waals surface area (Å²) in [5.41, 5.74) is 0. The zero-order chi connectivity index (χ0) is 34.5. The first kappa shape index (κ1) is 21.7. The van der Waals surface area contributed by atoms with Gasteiger partial charge in [0.05, 0.1) is 46.5 Å². The molecule has 0 aromatic carbocycles. The van der Waals surface area contributed by atoms with Crippen molar-refractivity contribution < 1.29 is 44.9 Å². The fourth-order valence-corrected chi connectivity index (χ4v) is 3.74. The van der Waals surface area contributed by atoms with E-state index < -0.39 is 59.0 Å². The van der Waals surface area contributed by atoms with E-state index in [0.717, 1.165) is 19.3 Å². The molecule has 0 amide bonds. The minimum Gasteiger partial charge on any atom is -0.756 e. The third-order valence-electron chi connectivity index (χ3n) is 5.00. The second kappa shape index (κ2) is 22.9. The Balaban J connectivity index is 4.11. The number of quaternary nitrogens is 1. The Morgan fingerprint density at radius 1 is 0.806 bits per heavy atom. The minimum atomic E-state index is -5.01. The van der Waals surface area contributed by atoms with Gasteiger partial charge in [-0.1, -0.05) is 75.5 Å². The van der Waals surface area contributed by atoms with Gasteiger partial charge in [-0.2, -0.15) is 0 Å². The van der Waals surface area contributed by atoms with E-state index in [1.54, 1.807) is 0 Å². The molecule has 0 saturated carbocycles. The van der Waals surface area contributed by atoms with Crippen LogP contribution in [0, 0.1) is 0 Å². The maximum atomic E-state index is 12.0. The Bertz CT molecular complexity index is 914. The van der Waals surface area contributed by atoms with Gasteiger partial charge in [0.1, 0.15) is 13.2 Å². The van der Waals surface area contributed by atoms with Crippen LogP contribution < -0.4 is 4.89 Å². The second-order valence-electron chi connectivity index (χ2n) is 8.56. The van der Waals surface area contributed by atoms with E-state index in [1.165, 1.54) is 38.5 Å². The normalized spacial score (nSPS) is 19.0. The molecule has 0 saturated heterocycles. The van der Waals surface area contributed by atoms with Crippen LogP contribution in [0.4, 0.5) is 0 Å². The molecule has 0 aromatic heterocycles. The lowest BCUT2D eigenvalue weighted by molar-refractivity contribution is -0.870. The van der Waals surface area contributed by atoms with Gasteiger partial charge in [0, 0.05) is 12.8 Å². The summed E-state index contributed by atoms with van der Waals surface area (Å²) in [7, 11) is -5.01. The van der Waals surface area contributed by atoms with E-state index in [2.05, 4.69) is 40.3 Å². The van der Waals surface area contributed by atoms with E-state index in [1.807, 2.05) is 12.2 Å². The fraction of sp³-hybridized carbons (Fsp3) is 0.750. The zero-order valence-electron chi connectivity index (χ0n) is 30.8. The number of phosphoric acid groups is 1. The summed E-state index contributed by atoms with van der Waals surface area (Å²) in [6.45, 7) is -11.1. The maximum absolute atomic E-state index is 12.0. The Kier molecular flexibility index (Phi) is 13.8. The van der Waals surface area contributed by atoms with Crippen molar-refractivity contribution in [3.63, 3.8) is 0 Å². The van der Waals surface area contributed by atoms with Gasteiger partial charge >= 0.3 is 5.97 Å². The van der Waals surface area contributed by atoms with Gasteiger partial charge in [0.15, 0.2) is 0 Å². The first-order valence-electron chi connectivity index (χ1n) is 17.5. The number of ether oxygens (including phenoxy) is 1. The summed E-state index contributed by atoms with van der Waals surface area (Å²) < 4.78 is 91.4. The van der Waals surface area contributed by atoms with E-state index in [0.29, 0.717) is 12.8 Å². The number of esters is 1. The number of hydrogen-bond acceptors (Lipinski definition) is 6. The Morgan fingerprint density at radius 2 is 1.39 bits per heavy atom. The fourth-order valence-electron chi connectivity index (χ4n) is 3.00. The van der Waals surface area contributed by atoms with Crippen molar-refractivity contribution >= 4 is 13.8 Å². The van der Waals surface area contributed by atoms with Crippen molar-refractivity contribution in [1.29, 1.82) is 0 Å². The summed E-state index contributed by atoms with van der Waals surface area (Å²) in [4.78, 5) is 23.8. The van der Waals surface area contributed by atoms with E-state index in [9.17, 15) is 14.3 Å². The van der Waals surface area contributed by atoms with Crippen LogP contribution in [0.1, 0.15) is 103 Å². The number of nitrogens with zero attached hydrogens (tertiary/aromatic N) is 1. The Morgan fingerprint density at radius 3 is 2.06 bits per heavy atom. The van der Waals surface area contributed by atoms with Gasteiger partial charge in [-0.15, -0.1) is 0 Å². The molecule has 0 bridgehead atoms. The third kappa shape index (κ3) is 27.3. The SMILES string of the molecule is [2H]C([2H])([2H])[N+](CCOP(=O)([O-])OCCCOC(=O)CCC/C=C\C/C=C\C/C=C\CCCCCCCC)(C([2H])([2H])[2H])C([2H])([2H])[2H]. The van der Waals surface area contributed by atoms with Gasteiger partial charge in [-0.25, -0.2) is 0 Å². The van der Waals surface area contributed by atoms with Crippen LogP contribution in [0.25, 0.3) is 0 Å². The Labute approximate surface area is 233 Å². The number of phosphoric ester groups is 1. The zero-order valence-corrected chi connectivity index (χ0v) is 22.7. The summed E-state index contributed by atoms with van der Waals surface area (Å²) in [5, 5.41) is 0. The summed E-state index contributed by atoms with van der Waals surface area (Å²) in [6, 6.07) is 0. The molecule has 0 aromatic rings. The van der Waals surface area contributed by atoms with Gasteiger partial charge in [0.2, 0.25) is 0 Å². The van der Waals surface area contributed by atoms with Gasteiger partial charge in [-0.3, -0.25) is 9.36 Å². The van der Waals surface area contributed by atoms with Gasteiger partial charge < -0.3 is 23.2 Å². The highest BCUT2D eigenvalue weighted by atomic mass is 31.2. The van der Waals surface area contributed by atoms with Crippen LogP contribution in [0.3, 0.4) is 0 Å². The molecule has 8 heteroatoms. The Hall–Kier alpha value is -1.24.